The molecule has 0 radical (unpaired) electrons. The summed E-state index contributed by atoms with van der Waals surface area (Å²) in [4.78, 5) is 16.0. The Morgan fingerprint density at radius 3 is 2.71 bits per heavy atom. The van der Waals surface area contributed by atoms with Crippen LogP contribution in [0, 0.1) is 6.92 Å². The van der Waals surface area contributed by atoms with Crippen molar-refractivity contribution in [2.45, 2.75) is 20.8 Å². The summed E-state index contributed by atoms with van der Waals surface area (Å²) >= 11 is 1.29. The minimum Gasteiger partial charge on any atom is -0.477 e. The second-order valence-electron chi connectivity index (χ2n) is 2.52. The quantitative estimate of drug-likeness (QED) is 0.721. The molecule has 0 aliphatic heterocycles. The van der Waals surface area contributed by atoms with Gasteiger partial charge in [0.15, 0.2) is 4.88 Å². The van der Waals surface area contributed by atoms with Crippen molar-refractivity contribution in [1.29, 1.82) is 0 Å². The van der Waals surface area contributed by atoms with Gasteiger partial charge in [-0.15, -0.1) is 11.3 Å². The normalized spacial score (nSPS) is 9.93. The number of hydrogen-bond acceptors (Lipinski definition) is 5. The van der Waals surface area contributed by atoms with E-state index in [9.17, 15) is 4.79 Å². The van der Waals surface area contributed by atoms with E-state index in [4.69, 9.17) is 9.47 Å². The maximum Gasteiger partial charge on any atom is 0.353 e. The van der Waals surface area contributed by atoms with Crippen LogP contribution in [0.1, 0.15) is 28.5 Å². The maximum atomic E-state index is 11.4. The number of carbonyl (C=O) groups is 1. The minimum atomic E-state index is -0.360. The zero-order chi connectivity index (χ0) is 10.6. The third-order valence-corrected chi connectivity index (χ3v) is 2.38. The summed E-state index contributed by atoms with van der Waals surface area (Å²) in [6, 6.07) is 0. The van der Waals surface area contributed by atoms with E-state index in [2.05, 4.69) is 4.98 Å². The van der Waals surface area contributed by atoms with Crippen LogP contribution in [0.25, 0.3) is 0 Å². The van der Waals surface area contributed by atoms with Crippen LogP contribution < -0.4 is 4.74 Å². The highest BCUT2D eigenvalue weighted by Crippen LogP contribution is 2.25. The Morgan fingerprint density at radius 1 is 1.43 bits per heavy atom. The van der Waals surface area contributed by atoms with Crippen molar-refractivity contribution in [3.63, 3.8) is 0 Å². The van der Waals surface area contributed by atoms with Gasteiger partial charge in [-0.25, -0.2) is 9.78 Å². The monoisotopic (exact) mass is 215 g/mol. The molecule has 0 amide bonds. The number of carbonyl (C=O) groups excluding carboxylic acids is 1. The number of nitrogens with zero attached hydrogens (tertiary/aromatic N) is 1. The molecule has 0 N–H and O–H groups in total. The molecule has 0 bridgehead atoms. The number of rotatable bonds is 4. The number of ether oxygens (including phenoxy) is 2. The van der Waals surface area contributed by atoms with Crippen LogP contribution in [0.5, 0.6) is 5.88 Å². The van der Waals surface area contributed by atoms with Gasteiger partial charge in [0.2, 0.25) is 5.88 Å². The molecule has 0 spiro atoms. The van der Waals surface area contributed by atoms with Crippen molar-refractivity contribution < 1.29 is 14.3 Å². The molecule has 1 rings (SSSR count). The van der Waals surface area contributed by atoms with Gasteiger partial charge in [-0.2, -0.15) is 0 Å². The Balaban J connectivity index is 2.88. The zero-order valence-electron chi connectivity index (χ0n) is 8.49. The lowest BCUT2D eigenvalue weighted by Gasteiger charge is -2.01. The third kappa shape index (κ3) is 2.45. The number of aromatic nitrogens is 1. The molecule has 0 aromatic carbocycles. The van der Waals surface area contributed by atoms with Crippen LogP contribution in [0.2, 0.25) is 0 Å². The van der Waals surface area contributed by atoms with Crippen LogP contribution >= 0.6 is 11.3 Å². The van der Waals surface area contributed by atoms with Gasteiger partial charge in [-0.05, 0) is 20.8 Å². The largest absolute Gasteiger partial charge is 0.477 e. The van der Waals surface area contributed by atoms with Gasteiger partial charge in [0.25, 0.3) is 0 Å². The molecular weight excluding hydrogens is 202 g/mol. The Bertz CT molecular complexity index is 322. The molecule has 78 valence electrons. The van der Waals surface area contributed by atoms with Gasteiger partial charge in [-0.3, -0.25) is 0 Å². The van der Waals surface area contributed by atoms with Crippen molar-refractivity contribution >= 4 is 17.3 Å². The first-order valence-corrected chi connectivity index (χ1v) is 5.28. The fourth-order valence-electron chi connectivity index (χ4n) is 0.968. The Labute approximate surface area is 86.9 Å². The lowest BCUT2D eigenvalue weighted by Crippen LogP contribution is -2.05. The van der Waals surface area contributed by atoms with E-state index in [0.29, 0.717) is 24.0 Å². The van der Waals surface area contributed by atoms with E-state index in [1.54, 1.807) is 6.92 Å². The number of hydrogen-bond donors (Lipinski definition) is 0. The molecule has 1 heterocycles. The van der Waals surface area contributed by atoms with Crippen LogP contribution in [-0.2, 0) is 4.74 Å². The second-order valence-corrected chi connectivity index (χ2v) is 3.72. The second kappa shape index (κ2) is 4.95. The summed E-state index contributed by atoms with van der Waals surface area (Å²) in [5, 5.41) is 0.802. The highest BCUT2D eigenvalue weighted by molar-refractivity contribution is 7.13. The molecule has 14 heavy (non-hydrogen) atoms. The minimum absolute atomic E-state index is 0.360. The average Bonchev–Trinajstić information content (AvgIpc) is 2.48. The molecule has 0 aliphatic rings. The smallest absolute Gasteiger partial charge is 0.353 e. The van der Waals surface area contributed by atoms with Crippen molar-refractivity contribution in [2.24, 2.45) is 0 Å². The molecule has 0 saturated carbocycles. The number of aryl methyl sites for hydroxylation is 1. The molecule has 1 aromatic rings. The SMILES string of the molecule is CCOC(=O)c1sc(C)nc1OCC. The van der Waals surface area contributed by atoms with E-state index in [1.807, 2.05) is 13.8 Å². The molecule has 1 aromatic heterocycles. The maximum absolute atomic E-state index is 11.4. The summed E-state index contributed by atoms with van der Waals surface area (Å²) in [5.74, 6) is 0.0231. The highest BCUT2D eigenvalue weighted by Gasteiger charge is 2.18. The fourth-order valence-corrected chi connectivity index (χ4v) is 1.73. The van der Waals surface area contributed by atoms with Crippen LogP contribution in [-0.4, -0.2) is 24.2 Å². The summed E-state index contributed by atoms with van der Waals surface area (Å²) < 4.78 is 10.1. The first-order chi connectivity index (χ1) is 6.69. The lowest BCUT2D eigenvalue weighted by molar-refractivity contribution is 0.0527. The topological polar surface area (TPSA) is 48.4 Å². The van der Waals surface area contributed by atoms with Crippen molar-refractivity contribution in [1.82, 2.24) is 4.98 Å². The lowest BCUT2D eigenvalue weighted by atomic mass is 10.5. The summed E-state index contributed by atoms with van der Waals surface area (Å²) in [6.07, 6.45) is 0. The van der Waals surface area contributed by atoms with Gasteiger partial charge >= 0.3 is 5.97 Å². The summed E-state index contributed by atoms with van der Waals surface area (Å²) in [5.41, 5.74) is 0. The Morgan fingerprint density at radius 2 is 2.14 bits per heavy atom. The van der Waals surface area contributed by atoms with Crippen LogP contribution in [0.3, 0.4) is 0 Å². The van der Waals surface area contributed by atoms with Crippen molar-refractivity contribution in [3.05, 3.63) is 9.88 Å². The van der Waals surface area contributed by atoms with Crippen molar-refractivity contribution in [2.75, 3.05) is 13.2 Å². The first-order valence-electron chi connectivity index (χ1n) is 4.46. The van der Waals surface area contributed by atoms with E-state index >= 15 is 0 Å². The fraction of sp³-hybridized carbons (Fsp3) is 0.556. The summed E-state index contributed by atoms with van der Waals surface area (Å²) in [6.45, 7) is 6.31. The molecule has 0 fully saturated rings. The zero-order valence-corrected chi connectivity index (χ0v) is 9.31. The van der Waals surface area contributed by atoms with E-state index < -0.39 is 0 Å². The predicted octanol–water partition coefficient (Wildman–Crippen LogP) is 2.03. The Hall–Kier alpha value is -1.10. The highest BCUT2D eigenvalue weighted by atomic mass is 32.1. The van der Waals surface area contributed by atoms with Crippen LogP contribution in [0.15, 0.2) is 0 Å². The standard InChI is InChI=1S/C9H13NO3S/c1-4-12-8-7(9(11)13-5-2)14-6(3)10-8/h4-5H2,1-3H3. The number of esters is 1. The number of thiazole rings is 1. The van der Waals surface area contributed by atoms with Gasteiger partial charge in [0.1, 0.15) is 0 Å². The van der Waals surface area contributed by atoms with E-state index in [-0.39, 0.29) is 5.97 Å². The predicted molar refractivity (Wildman–Crippen MR) is 54.0 cm³/mol. The molecule has 0 atom stereocenters. The van der Waals surface area contributed by atoms with Gasteiger partial charge in [0.05, 0.1) is 18.2 Å². The molecule has 0 aliphatic carbocycles. The van der Waals surface area contributed by atoms with Gasteiger partial charge in [-0.1, -0.05) is 0 Å². The van der Waals surface area contributed by atoms with E-state index in [0.717, 1.165) is 5.01 Å². The van der Waals surface area contributed by atoms with Gasteiger partial charge < -0.3 is 9.47 Å². The first kappa shape index (κ1) is 11.0. The van der Waals surface area contributed by atoms with E-state index in [1.165, 1.54) is 11.3 Å². The molecular formula is C9H13NO3S. The summed E-state index contributed by atoms with van der Waals surface area (Å²) in [7, 11) is 0. The molecule has 4 nitrogen and oxygen atoms in total. The molecule has 5 heteroatoms. The average molecular weight is 215 g/mol. The van der Waals surface area contributed by atoms with Crippen LogP contribution in [0.4, 0.5) is 0 Å². The third-order valence-electron chi connectivity index (χ3n) is 1.44. The molecule has 0 unspecified atom stereocenters. The Kier molecular flexibility index (Phi) is 3.88. The molecule has 0 saturated heterocycles. The van der Waals surface area contributed by atoms with Gasteiger partial charge in [0, 0.05) is 0 Å². The van der Waals surface area contributed by atoms with Crippen molar-refractivity contribution in [3.8, 4) is 5.88 Å².